The van der Waals surface area contributed by atoms with Gasteiger partial charge < -0.3 is 28.8 Å². The Bertz CT molecular complexity index is 1410. The Kier molecular flexibility index (Phi) is 49.9. The molecular weight excluding hydrogens is 888 g/mol. The number of quaternary nitrogens is 1. The second-order valence-corrected chi connectivity index (χ2v) is 22.0. The van der Waals surface area contributed by atoms with Crippen LogP contribution in [0.2, 0.25) is 0 Å². The number of carbonyl (C=O) groups is 1. The van der Waals surface area contributed by atoms with Gasteiger partial charge in [0.1, 0.15) is 13.2 Å². The molecule has 1 amide bonds. The molecule has 0 radical (unpaired) electrons. The van der Waals surface area contributed by atoms with Gasteiger partial charge in [0.15, 0.2) is 0 Å². The zero-order valence-electron chi connectivity index (χ0n) is 46.2. The minimum absolute atomic E-state index is 0.00873. The van der Waals surface area contributed by atoms with Gasteiger partial charge in [0, 0.05) is 6.42 Å². The number of likely N-dealkylation sites (N-methyl/N-ethyl adjacent to an activating group) is 1. The SMILES string of the molecule is CC/C=C\C/C=C\C/C=C\C/C=C\C/C=C\CCCCCCCCCCCCCCCCCC(=O)NC(COP(=O)([O-])OCC[N+](C)(C)C)C(O)/C=C/CC/C=C/CCCCCCCCCCCCC. The normalized spacial score (nSPS) is 14.6. The largest absolute Gasteiger partial charge is 0.756 e. The predicted octanol–water partition coefficient (Wildman–Crippen LogP) is 17.0. The monoisotopic (exact) mass is 999 g/mol. The minimum atomic E-state index is -4.61. The minimum Gasteiger partial charge on any atom is -0.756 e. The molecule has 3 atom stereocenters. The molecule has 0 aromatic carbocycles. The van der Waals surface area contributed by atoms with Gasteiger partial charge >= 0.3 is 0 Å². The molecule has 0 saturated carbocycles. The molecule has 0 aliphatic rings. The van der Waals surface area contributed by atoms with Crippen molar-refractivity contribution in [2.45, 2.75) is 257 Å². The van der Waals surface area contributed by atoms with Crippen molar-refractivity contribution < 1.29 is 32.9 Å². The summed E-state index contributed by atoms with van der Waals surface area (Å²) in [5.41, 5.74) is 0. The first-order valence-corrected chi connectivity index (χ1v) is 30.4. The fraction of sp³-hybridized carbons (Fsp3) is 0.754. The van der Waals surface area contributed by atoms with E-state index in [2.05, 4.69) is 92.1 Å². The number of phosphoric acid groups is 1. The van der Waals surface area contributed by atoms with Crippen LogP contribution in [-0.4, -0.2) is 68.5 Å². The maximum absolute atomic E-state index is 13.0. The molecule has 8 nitrogen and oxygen atoms in total. The third-order valence-electron chi connectivity index (χ3n) is 12.6. The number of nitrogens with one attached hydrogen (secondary N) is 1. The van der Waals surface area contributed by atoms with Crippen molar-refractivity contribution in [2.24, 2.45) is 0 Å². The number of allylic oxidation sites excluding steroid dienone is 13. The van der Waals surface area contributed by atoms with Gasteiger partial charge in [-0.05, 0) is 77.0 Å². The zero-order chi connectivity index (χ0) is 51.3. The summed E-state index contributed by atoms with van der Waals surface area (Å²) in [6.07, 6.45) is 72.3. The Morgan fingerprint density at radius 3 is 1.33 bits per heavy atom. The van der Waals surface area contributed by atoms with Crippen LogP contribution in [-0.2, 0) is 18.4 Å². The average molecular weight is 1000 g/mol. The van der Waals surface area contributed by atoms with Gasteiger partial charge in [-0.2, -0.15) is 0 Å². The molecule has 0 aliphatic heterocycles. The standard InChI is InChI=1S/C61H111N2O6P/c1-6-8-10-12-14-16-18-20-22-24-25-26-27-28-29-30-31-32-33-34-35-36-37-39-41-43-45-47-49-51-53-55-61(65)62-59(58-69-70(66,67)68-57-56-63(3,4)5)60(64)54-52-50-48-46-44-42-40-38-23-21-19-17-15-13-11-9-7-2/h8,10,14,16,20,22,25-26,28-29,44,46,52,54,59-60,64H,6-7,9,11-13,15,17-19,21,23-24,27,30-43,45,47-51,53,55-58H2,1-5H3,(H-,62,65,66,67)/b10-8-,16-14-,22-20-,26-25-,29-28-,46-44+,54-52+. The number of amides is 1. The molecule has 0 aromatic rings. The molecule has 0 heterocycles. The van der Waals surface area contributed by atoms with Crippen molar-refractivity contribution in [2.75, 3.05) is 40.9 Å². The molecule has 70 heavy (non-hydrogen) atoms. The van der Waals surface area contributed by atoms with Crippen molar-refractivity contribution >= 4 is 13.7 Å². The second-order valence-electron chi connectivity index (χ2n) is 20.6. The fourth-order valence-corrected chi connectivity index (χ4v) is 8.80. The summed E-state index contributed by atoms with van der Waals surface area (Å²) < 4.78 is 23.3. The number of unbranched alkanes of at least 4 members (excludes halogenated alkanes) is 27. The molecule has 0 aromatic heterocycles. The summed E-state index contributed by atoms with van der Waals surface area (Å²) in [7, 11) is 1.24. The molecule has 9 heteroatoms. The van der Waals surface area contributed by atoms with Crippen molar-refractivity contribution in [3.8, 4) is 0 Å². The van der Waals surface area contributed by atoms with Crippen LogP contribution in [0.15, 0.2) is 85.1 Å². The highest BCUT2D eigenvalue weighted by atomic mass is 31.2. The maximum Gasteiger partial charge on any atom is 0.268 e. The molecule has 0 bridgehead atoms. The smallest absolute Gasteiger partial charge is 0.268 e. The molecular formula is C61H111N2O6P. The second kappa shape index (κ2) is 51.6. The topological polar surface area (TPSA) is 108 Å². The Hall–Kier alpha value is -2.32. The number of aliphatic hydroxyl groups excluding tert-OH is 1. The molecule has 0 rings (SSSR count). The number of nitrogens with zero attached hydrogens (tertiary/aromatic N) is 1. The first-order chi connectivity index (χ1) is 34.0. The zero-order valence-corrected chi connectivity index (χ0v) is 47.1. The lowest BCUT2D eigenvalue weighted by Crippen LogP contribution is -2.45. The lowest BCUT2D eigenvalue weighted by atomic mass is 10.0. The van der Waals surface area contributed by atoms with E-state index in [9.17, 15) is 19.4 Å². The molecule has 406 valence electrons. The van der Waals surface area contributed by atoms with Crippen LogP contribution in [0.25, 0.3) is 0 Å². The van der Waals surface area contributed by atoms with Crippen LogP contribution in [0, 0.1) is 0 Å². The highest BCUT2D eigenvalue weighted by Crippen LogP contribution is 2.38. The van der Waals surface area contributed by atoms with E-state index in [1.807, 2.05) is 27.2 Å². The van der Waals surface area contributed by atoms with Gasteiger partial charge in [-0.1, -0.05) is 247 Å². The summed E-state index contributed by atoms with van der Waals surface area (Å²) in [5.74, 6) is -0.209. The number of aliphatic hydroxyl groups is 1. The number of rotatable bonds is 52. The van der Waals surface area contributed by atoms with Crippen LogP contribution in [0.4, 0.5) is 0 Å². The van der Waals surface area contributed by atoms with Crippen molar-refractivity contribution in [3.05, 3.63) is 85.1 Å². The Labute approximate surface area is 433 Å². The van der Waals surface area contributed by atoms with E-state index in [1.165, 1.54) is 154 Å². The fourth-order valence-electron chi connectivity index (χ4n) is 8.08. The van der Waals surface area contributed by atoms with E-state index < -0.39 is 26.6 Å². The van der Waals surface area contributed by atoms with Crippen LogP contribution < -0.4 is 10.2 Å². The quantitative estimate of drug-likeness (QED) is 0.0272. The average Bonchev–Trinajstić information content (AvgIpc) is 3.32. The third-order valence-corrected chi connectivity index (χ3v) is 13.6. The van der Waals surface area contributed by atoms with Gasteiger partial charge in [0.05, 0.1) is 39.9 Å². The lowest BCUT2D eigenvalue weighted by Gasteiger charge is -2.29. The van der Waals surface area contributed by atoms with Crippen LogP contribution in [0.1, 0.15) is 245 Å². The summed E-state index contributed by atoms with van der Waals surface area (Å²) in [6, 6.07) is -0.907. The highest BCUT2D eigenvalue weighted by Gasteiger charge is 2.23. The van der Waals surface area contributed by atoms with Gasteiger partial charge in [0.25, 0.3) is 7.82 Å². The van der Waals surface area contributed by atoms with E-state index in [-0.39, 0.29) is 12.5 Å². The molecule has 0 fully saturated rings. The number of carbonyl (C=O) groups excluding carboxylic acids is 1. The van der Waals surface area contributed by atoms with Crippen LogP contribution in [0.5, 0.6) is 0 Å². The van der Waals surface area contributed by atoms with E-state index >= 15 is 0 Å². The van der Waals surface area contributed by atoms with Gasteiger partial charge in [-0.3, -0.25) is 9.36 Å². The summed E-state index contributed by atoms with van der Waals surface area (Å²) in [4.78, 5) is 25.5. The van der Waals surface area contributed by atoms with Crippen molar-refractivity contribution in [1.82, 2.24) is 5.32 Å². The van der Waals surface area contributed by atoms with E-state index in [0.29, 0.717) is 17.4 Å². The van der Waals surface area contributed by atoms with Crippen LogP contribution >= 0.6 is 7.82 Å². The number of hydrogen-bond acceptors (Lipinski definition) is 6. The third kappa shape index (κ3) is 53.5. The maximum atomic E-state index is 13.0. The van der Waals surface area contributed by atoms with E-state index in [1.54, 1.807) is 6.08 Å². The van der Waals surface area contributed by atoms with Crippen molar-refractivity contribution in [1.29, 1.82) is 0 Å². The first kappa shape index (κ1) is 67.7. The summed E-state index contributed by atoms with van der Waals surface area (Å²) in [5, 5.41) is 13.9. The molecule has 0 aliphatic carbocycles. The lowest BCUT2D eigenvalue weighted by molar-refractivity contribution is -0.870. The van der Waals surface area contributed by atoms with Gasteiger partial charge in [-0.25, -0.2) is 0 Å². The number of hydrogen-bond donors (Lipinski definition) is 2. The van der Waals surface area contributed by atoms with Gasteiger partial charge in [-0.15, -0.1) is 0 Å². The highest BCUT2D eigenvalue weighted by molar-refractivity contribution is 7.45. The Balaban J connectivity index is 4.17. The van der Waals surface area contributed by atoms with Crippen molar-refractivity contribution in [3.63, 3.8) is 0 Å². The van der Waals surface area contributed by atoms with E-state index in [4.69, 9.17) is 9.05 Å². The number of phosphoric ester groups is 1. The van der Waals surface area contributed by atoms with Crippen LogP contribution in [0.3, 0.4) is 0 Å². The molecule has 3 unspecified atom stereocenters. The van der Waals surface area contributed by atoms with E-state index in [0.717, 1.165) is 70.6 Å². The molecule has 2 N–H and O–H groups in total. The van der Waals surface area contributed by atoms with Gasteiger partial charge in [0.2, 0.25) is 5.91 Å². The Morgan fingerprint density at radius 2 is 0.886 bits per heavy atom. The Morgan fingerprint density at radius 1 is 0.514 bits per heavy atom. The molecule has 0 saturated heterocycles. The summed E-state index contributed by atoms with van der Waals surface area (Å²) in [6.45, 7) is 4.52. The first-order valence-electron chi connectivity index (χ1n) is 28.9. The summed E-state index contributed by atoms with van der Waals surface area (Å²) >= 11 is 0. The molecule has 0 spiro atoms. The predicted molar refractivity (Wildman–Crippen MR) is 302 cm³/mol.